The zero-order chi connectivity index (χ0) is 24.6. The van der Waals surface area contributed by atoms with Crippen molar-refractivity contribution < 1.29 is 33.6 Å². The molecule has 0 radical (unpaired) electrons. The average molecular weight is 487 g/mol. The van der Waals surface area contributed by atoms with E-state index in [1.807, 2.05) is 36.4 Å². The first-order valence-electron chi connectivity index (χ1n) is 11.8. The highest BCUT2D eigenvalue weighted by atomic mass is 28.4. The minimum atomic E-state index is -3.01. The standard InChI is InChI=1S/C26H34O7Si/c1-5-30-24(29)26-16-20(28)22(31-26)23(32-26)21(17-27)33-34(25(2,3)4,18-12-8-6-9-13-18)19-14-10-7-11-15-19/h6-15,20-23,27-28H,5,16-17H2,1-4H3/t20-,21-,22-,23-,26-/m1/s1. The van der Waals surface area contributed by atoms with Crippen LogP contribution in [0.25, 0.3) is 0 Å². The van der Waals surface area contributed by atoms with Crippen LogP contribution in [0.3, 0.4) is 0 Å². The Morgan fingerprint density at radius 1 is 1.09 bits per heavy atom. The topological polar surface area (TPSA) is 94.5 Å². The van der Waals surface area contributed by atoms with Crippen molar-refractivity contribution in [2.24, 2.45) is 0 Å². The minimum Gasteiger partial charge on any atom is -0.462 e. The van der Waals surface area contributed by atoms with Gasteiger partial charge in [-0.25, -0.2) is 4.79 Å². The van der Waals surface area contributed by atoms with Gasteiger partial charge in [0, 0.05) is 6.42 Å². The van der Waals surface area contributed by atoms with Crippen LogP contribution in [-0.2, 0) is 23.4 Å². The van der Waals surface area contributed by atoms with Crippen molar-refractivity contribution in [2.45, 2.75) is 69.4 Å². The molecule has 34 heavy (non-hydrogen) atoms. The molecular formula is C26H34O7Si. The lowest BCUT2D eigenvalue weighted by Crippen LogP contribution is -2.69. The summed E-state index contributed by atoms with van der Waals surface area (Å²) in [6, 6.07) is 20.1. The Morgan fingerprint density at radius 2 is 1.65 bits per heavy atom. The predicted octanol–water partition coefficient (Wildman–Crippen LogP) is 1.73. The molecule has 2 aromatic rings. The maximum Gasteiger partial charge on any atom is 0.366 e. The fraction of sp³-hybridized carbons (Fsp3) is 0.500. The monoisotopic (exact) mass is 486 g/mol. The second-order valence-corrected chi connectivity index (χ2v) is 14.2. The van der Waals surface area contributed by atoms with Crippen LogP contribution in [0.2, 0.25) is 5.04 Å². The molecule has 0 aromatic heterocycles. The van der Waals surface area contributed by atoms with Gasteiger partial charge < -0.3 is 28.8 Å². The largest absolute Gasteiger partial charge is 0.462 e. The van der Waals surface area contributed by atoms with E-state index in [-0.39, 0.29) is 24.7 Å². The molecule has 4 rings (SSSR count). The Bertz CT molecular complexity index is 938. The lowest BCUT2D eigenvalue weighted by Gasteiger charge is -2.46. The lowest BCUT2D eigenvalue weighted by atomic mass is 9.98. The summed E-state index contributed by atoms with van der Waals surface area (Å²) in [5, 5.41) is 23.0. The van der Waals surface area contributed by atoms with Crippen LogP contribution in [0.1, 0.15) is 34.1 Å². The van der Waals surface area contributed by atoms with E-state index in [2.05, 4.69) is 45.0 Å². The number of carbonyl (C=O) groups is 1. The number of fused-ring (bicyclic) bond motifs is 2. The Labute approximate surface area is 201 Å². The third-order valence-corrected chi connectivity index (χ3v) is 11.8. The molecule has 2 saturated heterocycles. The Morgan fingerprint density at radius 3 is 2.12 bits per heavy atom. The van der Waals surface area contributed by atoms with E-state index in [0.717, 1.165) is 10.4 Å². The van der Waals surface area contributed by atoms with Crippen molar-refractivity contribution in [3.63, 3.8) is 0 Å². The van der Waals surface area contributed by atoms with Crippen molar-refractivity contribution in [1.82, 2.24) is 0 Å². The van der Waals surface area contributed by atoms with Crippen LogP contribution in [0.15, 0.2) is 60.7 Å². The third kappa shape index (κ3) is 4.12. The number of carbonyl (C=O) groups excluding carboxylic acids is 1. The Balaban J connectivity index is 1.76. The normalized spacial score (nSPS) is 27.5. The molecule has 2 bridgehead atoms. The SMILES string of the molecule is CCOC(=O)[C@]12C[C@@H](O)[C@@H](O1)[C@@H]([C@@H](CO)O[Si](c1ccccc1)(c1ccccc1)C(C)(C)C)O2. The first-order valence-corrected chi connectivity index (χ1v) is 13.7. The first-order chi connectivity index (χ1) is 16.2. The van der Waals surface area contributed by atoms with Crippen molar-refractivity contribution in [1.29, 1.82) is 0 Å². The van der Waals surface area contributed by atoms with E-state index in [4.69, 9.17) is 18.6 Å². The van der Waals surface area contributed by atoms with Crippen LogP contribution in [-0.4, -0.2) is 67.9 Å². The molecule has 2 aromatic carbocycles. The predicted molar refractivity (Wildman–Crippen MR) is 129 cm³/mol. The number of esters is 1. The zero-order valence-corrected chi connectivity index (χ0v) is 21.1. The van der Waals surface area contributed by atoms with Gasteiger partial charge in [-0.15, -0.1) is 0 Å². The molecule has 5 atom stereocenters. The van der Waals surface area contributed by atoms with E-state index in [1.54, 1.807) is 6.92 Å². The summed E-state index contributed by atoms with van der Waals surface area (Å²) < 4.78 is 24.1. The molecule has 7 nitrogen and oxygen atoms in total. The number of aliphatic hydroxyl groups is 2. The maximum absolute atomic E-state index is 12.6. The number of rotatable bonds is 8. The smallest absolute Gasteiger partial charge is 0.366 e. The van der Waals surface area contributed by atoms with Crippen molar-refractivity contribution in [3.05, 3.63) is 60.7 Å². The molecule has 2 N–H and O–H groups in total. The summed E-state index contributed by atoms with van der Waals surface area (Å²) in [6.07, 6.45) is -3.41. The van der Waals surface area contributed by atoms with Gasteiger partial charge in [0.15, 0.2) is 0 Å². The van der Waals surface area contributed by atoms with Gasteiger partial charge in [0.25, 0.3) is 14.1 Å². The van der Waals surface area contributed by atoms with Gasteiger partial charge >= 0.3 is 5.97 Å². The van der Waals surface area contributed by atoms with Gasteiger partial charge in [-0.3, -0.25) is 0 Å². The molecule has 2 heterocycles. The molecule has 0 saturated carbocycles. The highest BCUT2D eigenvalue weighted by molar-refractivity contribution is 6.99. The number of ether oxygens (including phenoxy) is 3. The van der Waals surface area contributed by atoms with Gasteiger partial charge in [0.1, 0.15) is 12.2 Å². The number of benzene rings is 2. The quantitative estimate of drug-likeness (QED) is 0.434. The molecule has 2 aliphatic rings. The summed E-state index contributed by atoms with van der Waals surface area (Å²) >= 11 is 0. The van der Waals surface area contributed by atoms with E-state index in [0.29, 0.717) is 0 Å². The van der Waals surface area contributed by atoms with Gasteiger partial charge in [-0.1, -0.05) is 81.4 Å². The number of hydrogen-bond acceptors (Lipinski definition) is 7. The molecular weight excluding hydrogens is 452 g/mol. The molecule has 184 valence electrons. The average Bonchev–Trinajstić information content (AvgIpc) is 3.37. The molecule has 2 aliphatic heterocycles. The van der Waals surface area contributed by atoms with Gasteiger partial charge in [-0.05, 0) is 22.3 Å². The first kappa shape index (κ1) is 25.0. The van der Waals surface area contributed by atoms with E-state index >= 15 is 0 Å². The minimum absolute atomic E-state index is 0.00956. The van der Waals surface area contributed by atoms with E-state index < -0.39 is 44.5 Å². The second kappa shape index (κ2) is 9.52. The van der Waals surface area contributed by atoms with Crippen molar-refractivity contribution >= 4 is 24.7 Å². The fourth-order valence-corrected chi connectivity index (χ4v) is 9.90. The molecule has 0 unspecified atom stereocenters. The number of aliphatic hydroxyl groups excluding tert-OH is 2. The molecule has 0 amide bonds. The van der Waals surface area contributed by atoms with Crippen LogP contribution in [0, 0.1) is 0 Å². The van der Waals surface area contributed by atoms with Gasteiger partial charge in [0.2, 0.25) is 0 Å². The van der Waals surface area contributed by atoms with Crippen LogP contribution < -0.4 is 10.4 Å². The summed E-state index contributed by atoms with van der Waals surface area (Å²) in [4.78, 5) is 12.6. The van der Waals surface area contributed by atoms with Crippen LogP contribution in [0.4, 0.5) is 0 Å². The van der Waals surface area contributed by atoms with E-state index in [9.17, 15) is 15.0 Å². The highest BCUT2D eigenvalue weighted by Crippen LogP contribution is 2.46. The highest BCUT2D eigenvalue weighted by Gasteiger charge is 2.66. The third-order valence-electron chi connectivity index (χ3n) is 6.71. The zero-order valence-electron chi connectivity index (χ0n) is 20.1. The molecule has 0 spiro atoms. The fourth-order valence-electron chi connectivity index (χ4n) is 5.22. The van der Waals surface area contributed by atoms with Gasteiger partial charge in [0.05, 0.1) is 25.4 Å². The van der Waals surface area contributed by atoms with Crippen molar-refractivity contribution in [2.75, 3.05) is 13.2 Å². The maximum atomic E-state index is 12.6. The second-order valence-electron chi connectivity index (χ2n) is 9.91. The summed E-state index contributed by atoms with van der Waals surface area (Å²) in [5.74, 6) is -2.34. The summed E-state index contributed by atoms with van der Waals surface area (Å²) in [7, 11) is -3.01. The van der Waals surface area contributed by atoms with Crippen LogP contribution >= 0.6 is 0 Å². The lowest BCUT2D eigenvalue weighted by molar-refractivity contribution is -0.213. The molecule has 2 fully saturated rings. The Hall–Kier alpha value is -2.07. The molecule has 8 heteroatoms. The molecule has 0 aliphatic carbocycles. The van der Waals surface area contributed by atoms with Gasteiger partial charge in [-0.2, -0.15) is 0 Å². The summed E-state index contributed by atoms with van der Waals surface area (Å²) in [6.45, 7) is 7.93. The Kier molecular flexibility index (Phi) is 7.01. The number of hydrogen-bond donors (Lipinski definition) is 2. The van der Waals surface area contributed by atoms with E-state index in [1.165, 1.54) is 0 Å². The van der Waals surface area contributed by atoms with Crippen molar-refractivity contribution in [3.8, 4) is 0 Å². The van der Waals surface area contributed by atoms with Crippen LogP contribution in [0.5, 0.6) is 0 Å². The summed E-state index contributed by atoms with van der Waals surface area (Å²) in [5.41, 5.74) is 0.